The Labute approximate surface area is 123 Å². The Hall–Kier alpha value is -0.350. The van der Waals surface area contributed by atoms with Crippen LogP contribution in [0.4, 0.5) is 0 Å². The highest BCUT2D eigenvalue weighted by molar-refractivity contribution is 7.99. The second-order valence-electron chi connectivity index (χ2n) is 4.38. The number of aryl methyl sites for hydroxylation is 1. The Balaban J connectivity index is 2.05. The minimum Gasteiger partial charge on any atom is -0.312 e. The van der Waals surface area contributed by atoms with Gasteiger partial charge in [0.25, 0.3) is 0 Å². The van der Waals surface area contributed by atoms with E-state index in [-0.39, 0.29) is 0 Å². The average Bonchev–Trinajstić information content (AvgIpc) is 2.63. The third kappa shape index (κ3) is 2.97. The zero-order chi connectivity index (χ0) is 13.3. The third-order valence-electron chi connectivity index (χ3n) is 3.11. The molecule has 0 radical (unpaired) electrons. The number of halogens is 2. The molecule has 98 valence electrons. The minimum atomic E-state index is 0.723. The predicted molar refractivity (Wildman–Crippen MR) is 80.4 cm³/mol. The normalized spacial score (nSPS) is 16.3. The van der Waals surface area contributed by atoms with E-state index in [1.54, 1.807) is 11.8 Å². The lowest BCUT2D eigenvalue weighted by Gasteiger charge is -2.24. The van der Waals surface area contributed by atoms with Crippen LogP contribution in [0.15, 0.2) is 28.8 Å². The maximum Gasteiger partial charge on any atom is 0.0556 e. The number of hydrogen-bond acceptors (Lipinski definition) is 3. The molecule has 5 heteroatoms. The summed E-state index contributed by atoms with van der Waals surface area (Å²) in [6.45, 7) is 2.97. The van der Waals surface area contributed by atoms with Gasteiger partial charge in [0.15, 0.2) is 0 Å². The fourth-order valence-corrected chi connectivity index (χ4v) is 3.37. The molecule has 0 N–H and O–H groups in total. The van der Waals surface area contributed by atoms with E-state index in [0.29, 0.717) is 0 Å². The van der Waals surface area contributed by atoms with Crippen LogP contribution >= 0.6 is 35.0 Å². The van der Waals surface area contributed by atoms with E-state index in [1.165, 1.54) is 5.70 Å². The van der Waals surface area contributed by atoms with Crippen LogP contribution in [-0.4, -0.2) is 36.4 Å². The second kappa shape index (κ2) is 5.74. The first-order valence-electron chi connectivity index (χ1n) is 5.71. The van der Waals surface area contributed by atoms with E-state index in [2.05, 4.69) is 36.3 Å². The van der Waals surface area contributed by atoms with Crippen molar-refractivity contribution in [2.45, 2.75) is 11.8 Å². The van der Waals surface area contributed by atoms with Gasteiger partial charge < -0.3 is 5.01 Å². The van der Waals surface area contributed by atoms with Gasteiger partial charge in [0, 0.05) is 42.0 Å². The van der Waals surface area contributed by atoms with Gasteiger partial charge in [-0.1, -0.05) is 23.2 Å². The maximum atomic E-state index is 6.20. The predicted octanol–water partition coefficient (Wildman–Crippen LogP) is 4.07. The largest absolute Gasteiger partial charge is 0.312 e. The number of thioether (sulfide) groups is 1. The minimum absolute atomic E-state index is 0.723. The number of benzene rings is 1. The molecular formula is C13H16Cl2N2S. The van der Waals surface area contributed by atoms with Gasteiger partial charge in [-0.25, -0.2) is 5.01 Å². The van der Waals surface area contributed by atoms with E-state index >= 15 is 0 Å². The summed E-state index contributed by atoms with van der Waals surface area (Å²) in [6.07, 6.45) is 2.24. The summed E-state index contributed by atoms with van der Waals surface area (Å²) in [5.41, 5.74) is 2.38. The molecule has 1 aromatic carbocycles. The first-order valence-corrected chi connectivity index (χ1v) is 7.45. The lowest BCUT2D eigenvalue weighted by atomic mass is 10.2. The molecule has 0 aliphatic carbocycles. The van der Waals surface area contributed by atoms with Crippen molar-refractivity contribution < 1.29 is 0 Å². The van der Waals surface area contributed by atoms with Gasteiger partial charge in [0.1, 0.15) is 0 Å². The van der Waals surface area contributed by atoms with Gasteiger partial charge in [-0.3, -0.25) is 0 Å². The average molecular weight is 303 g/mol. The monoisotopic (exact) mass is 302 g/mol. The molecule has 1 heterocycles. The van der Waals surface area contributed by atoms with Crippen molar-refractivity contribution >= 4 is 35.0 Å². The number of rotatable bonds is 3. The number of nitrogens with zero attached hydrogens (tertiary/aromatic N) is 2. The molecule has 18 heavy (non-hydrogen) atoms. The molecule has 0 amide bonds. The van der Waals surface area contributed by atoms with Crippen LogP contribution in [0.5, 0.6) is 0 Å². The molecule has 0 bridgehead atoms. The Bertz CT molecular complexity index is 488. The van der Waals surface area contributed by atoms with Gasteiger partial charge in [-0.05, 0) is 30.7 Å². The molecule has 0 unspecified atom stereocenters. The zero-order valence-corrected chi connectivity index (χ0v) is 13.0. The molecule has 0 fully saturated rings. The third-order valence-corrected chi connectivity index (χ3v) is 5.03. The highest BCUT2D eigenvalue weighted by Crippen LogP contribution is 2.33. The molecule has 0 aromatic heterocycles. The summed E-state index contributed by atoms with van der Waals surface area (Å²) in [4.78, 5) is 1.09. The van der Waals surface area contributed by atoms with Crippen LogP contribution in [0.1, 0.15) is 5.56 Å². The van der Waals surface area contributed by atoms with Crippen LogP contribution in [0.3, 0.4) is 0 Å². The molecule has 2 rings (SSSR count). The summed E-state index contributed by atoms with van der Waals surface area (Å²) in [5.74, 6) is 0.918. The van der Waals surface area contributed by atoms with Crippen molar-refractivity contribution in [1.29, 1.82) is 0 Å². The quantitative estimate of drug-likeness (QED) is 0.777. The van der Waals surface area contributed by atoms with E-state index in [4.69, 9.17) is 23.2 Å². The molecule has 0 saturated heterocycles. The fraction of sp³-hybridized carbons (Fsp3) is 0.385. The SMILES string of the molecule is Cc1cc(SCC2=CCN(C)N2C)c(Cl)cc1Cl. The van der Waals surface area contributed by atoms with Gasteiger partial charge in [0.2, 0.25) is 0 Å². The first kappa shape index (κ1) is 14.1. The fourth-order valence-electron chi connectivity index (χ4n) is 1.76. The molecule has 1 aliphatic heterocycles. The van der Waals surface area contributed by atoms with Gasteiger partial charge in [0.05, 0.1) is 5.02 Å². The van der Waals surface area contributed by atoms with E-state index < -0.39 is 0 Å². The number of hydrazine groups is 1. The topological polar surface area (TPSA) is 6.48 Å². The smallest absolute Gasteiger partial charge is 0.0556 e. The zero-order valence-electron chi connectivity index (χ0n) is 10.7. The van der Waals surface area contributed by atoms with E-state index in [1.807, 2.05) is 13.0 Å². The highest BCUT2D eigenvalue weighted by Gasteiger charge is 2.16. The van der Waals surface area contributed by atoms with Gasteiger partial charge in [-0.2, -0.15) is 0 Å². The molecule has 1 aromatic rings. The molecule has 1 aliphatic rings. The van der Waals surface area contributed by atoms with Crippen LogP contribution < -0.4 is 0 Å². The van der Waals surface area contributed by atoms with Crippen molar-refractivity contribution in [2.24, 2.45) is 0 Å². The van der Waals surface area contributed by atoms with Crippen molar-refractivity contribution in [1.82, 2.24) is 10.0 Å². The number of likely N-dealkylation sites (N-methyl/N-ethyl adjacent to an activating group) is 1. The van der Waals surface area contributed by atoms with Gasteiger partial charge in [-0.15, -0.1) is 11.8 Å². The van der Waals surface area contributed by atoms with Gasteiger partial charge >= 0.3 is 0 Å². The van der Waals surface area contributed by atoms with Crippen molar-refractivity contribution in [3.63, 3.8) is 0 Å². The molecule has 0 spiro atoms. The Kier molecular flexibility index (Phi) is 4.49. The van der Waals surface area contributed by atoms with Crippen molar-refractivity contribution in [3.8, 4) is 0 Å². The molecule has 2 nitrogen and oxygen atoms in total. The van der Waals surface area contributed by atoms with E-state index in [0.717, 1.165) is 32.8 Å². The Morgan fingerprint density at radius 2 is 1.94 bits per heavy atom. The Morgan fingerprint density at radius 3 is 2.56 bits per heavy atom. The van der Waals surface area contributed by atoms with Crippen LogP contribution in [0, 0.1) is 6.92 Å². The van der Waals surface area contributed by atoms with Crippen LogP contribution in [-0.2, 0) is 0 Å². The molecule has 0 atom stereocenters. The summed E-state index contributed by atoms with van der Waals surface area (Å²) < 4.78 is 0. The molecular weight excluding hydrogens is 287 g/mol. The highest BCUT2D eigenvalue weighted by atomic mass is 35.5. The Morgan fingerprint density at radius 1 is 1.22 bits per heavy atom. The summed E-state index contributed by atoms with van der Waals surface area (Å²) in [7, 11) is 4.15. The van der Waals surface area contributed by atoms with Crippen molar-refractivity contribution in [2.75, 3.05) is 26.4 Å². The lowest BCUT2D eigenvalue weighted by molar-refractivity contribution is 0.104. The van der Waals surface area contributed by atoms with E-state index in [9.17, 15) is 0 Å². The maximum absolute atomic E-state index is 6.20. The van der Waals surface area contributed by atoms with Crippen LogP contribution in [0.25, 0.3) is 0 Å². The summed E-state index contributed by atoms with van der Waals surface area (Å²) in [5, 5.41) is 5.79. The van der Waals surface area contributed by atoms with Crippen molar-refractivity contribution in [3.05, 3.63) is 39.5 Å². The first-order chi connectivity index (χ1) is 8.49. The number of hydrogen-bond donors (Lipinski definition) is 0. The summed E-state index contributed by atoms with van der Waals surface area (Å²) >= 11 is 14.0. The second-order valence-corrected chi connectivity index (χ2v) is 6.21. The summed E-state index contributed by atoms with van der Waals surface area (Å²) in [6, 6.07) is 3.87. The molecule has 0 saturated carbocycles. The lowest BCUT2D eigenvalue weighted by Crippen LogP contribution is -2.30. The van der Waals surface area contributed by atoms with Crippen LogP contribution in [0.2, 0.25) is 10.0 Å². The standard InChI is InChI=1S/C13H16Cl2N2S/c1-9-6-13(12(15)7-11(9)14)18-8-10-4-5-16(2)17(10)3/h4,6-7H,5,8H2,1-3H3.